The monoisotopic (exact) mass is 406 g/mol. The van der Waals surface area contributed by atoms with E-state index in [-0.39, 0.29) is 6.03 Å². The molecule has 0 spiro atoms. The first kappa shape index (κ1) is 18.8. The van der Waals surface area contributed by atoms with E-state index in [1.807, 2.05) is 73.7 Å². The Bertz CT molecular complexity index is 1160. The number of nitrogens with one attached hydrogen (secondary N) is 3. The quantitative estimate of drug-likeness (QED) is 0.395. The van der Waals surface area contributed by atoms with Gasteiger partial charge in [0.05, 0.1) is 5.52 Å². The number of halogens is 1. The highest BCUT2D eigenvalue weighted by Crippen LogP contribution is 2.26. The number of fused-ring (bicyclic) bond motifs is 1. The molecule has 1 aromatic heterocycles. The fourth-order valence-corrected chi connectivity index (χ4v) is 3.05. The molecule has 0 fully saturated rings. The highest BCUT2D eigenvalue weighted by Gasteiger charge is 2.11. The number of aromatic nitrogens is 2. The van der Waals surface area contributed by atoms with Crippen LogP contribution in [0.3, 0.4) is 0 Å². The van der Waals surface area contributed by atoms with Crippen LogP contribution in [0.4, 0.5) is 16.3 Å². The van der Waals surface area contributed by atoms with Gasteiger partial charge in [-0.05, 0) is 43.3 Å². The number of benzene rings is 3. The van der Waals surface area contributed by atoms with E-state index in [1.54, 1.807) is 0 Å². The Morgan fingerprint density at radius 3 is 2.66 bits per heavy atom. The smallest absolute Gasteiger partial charge is 0.324 e. The van der Waals surface area contributed by atoms with Crippen molar-refractivity contribution in [1.82, 2.24) is 10.2 Å². The summed E-state index contributed by atoms with van der Waals surface area (Å²) in [5.41, 5.74) is 3.52. The first-order valence-electron chi connectivity index (χ1n) is 9.07. The van der Waals surface area contributed by atoms with E-state index in [2.05, 4.69) is 20.8 Å². The van der Waals surface area contributed by atoms with Gasteiger partial charge in [0.15, 0.2) is 5.82 Å². The van der Waals surface area contributed by atoms with Crippen molar-refractivity contribution in [2.45, 2.75) is 13.5 Å². The molecule has 3 N–H and O–H groups in total. The summed E-state index contributed by atoms with van der Waals surface area (Å²) in [7, 11) is 0. The fraction of sp³-hybridized carbons (Fsp3) is 0.0909. The Hall–Kier alpha value is -3.51. The van der Waals surface area contributed by atoms with Crippen molar-refractivity contribution in [3.05, 3.63) is 82.9 Å². The molecule has 2 amide bonds. The molecule has 0 atom stereocenters. The molecule has 3 aromatic carbocycles. The van der Waals surface area contributed by atoms with Crippen molar-refractivity contribution in [2.24, 2.45) is 0 Å². The molecule has 146 valence electrons. The predicted molar refractivity (Wildman–Crippen MR) is 116 cm³/mol. The maximum Gasteiger partial charge on any atom is 0.324 e. The molecular formula is C22H19ClN4O2. The summed E-state index contributed by atoms with van der Waals surface area (Å²) in [6.45, 7) is 2.34. The molecule has 0 radical (unpaired) electrons. The fourth-order valence-electron chi connectivity index (χ4n) is 2.86. The molecule has 0 aliphatic rings. The average Bonchev–Trinajstić information content (AvgIpc) is 3.11. The highest BCUT2D eigenvalue weighted by atomic mass is 35.5. The van der Waals surface area contributed by atoms with Gasteiger partial charge < -0.3 is 10.1 Å². The summed E-state index contributed by atoms with van der Waals surface area (Å²) in [6.07, 6.45) is 0. The Morgan fingerprint density at radius 2 is 1.86 bits per heavy atom. The zero-order valence-electron chi connectivity index (χ0n) is 15.7. The Morgan fingerprint density at radius 1 is 1.07 bits per heavy atom. The number of carbonyl (C=O) groups is 1. The third-order valence-electron chi connectivity index (χ3n) is 4.43. The number of amides is 2. The first-order chi connectivity index (χ1) is 14.1. The zero-order chi connectivity index (χ0) is 20.2. The molecule has 7 heteroatoms. The van der Waals surface area contributed by atoms with Crippen LogP contribution in [0.5, 0.6) is 5.75 Å². The molecule has 0 aliphatic heterocycles. The van der Waals surface area contributed by atoms with Crippen LogP contribution < -0.4 is 15.4 Å². The van der Waals surface area contributed by atoms with E-state index in [0.29, 0.717) is 28.9 Å². The number of nitrogens with zero attached hydrogens (tertiary/aromatic N) is 1. The molecular weight excluding hydrogens is 388 g/mol. The number of aryl methyl sites for hydroxylation is 1. The number of carbonyl (C=O) groups excluding carboxylic acids is 1. The molecule has 0 aliphatic carbocycles. The number of aromatic amines is 1. The van der Waals surface area contributed by atoms with Crippen molar-refractivity contribution in [1.29, 1.82) is 0 Å². The van der Waals surface area contributed by atoms with Crippen LogP contribution in [0.15, 0.2) is 66.7 Å². The average molecular weight is 407 g/mol. The van der Waals surface area contributed by atoms with Crippen LogP contribution in [0.25, 0.3) is 10.9 Å². The van der Waals surface area contributed by atoms with Gasteiger partial charge in [0.1, 0.15) is 12.4 Å². The van der Waals surface area contributed by atoms with E-state index >= 15 is 0 Å². The molecule has 0 bridgehead atoms. The van der Waals surface area contributed by atoms with E-state index in [4.69, 9.17) is 16.3 Å². The minimum Gasteiger partial charge on any atom is -0.489 e. The third kappa shape index (κ3) is 4.50. The van der Waals surface area contributed by atoms with E-state index < -0.39 is 0 Å². The largest absolute Gasteiger partial charge is 0.489 e. The van der Waals surface area contributed by atoms with Gasteiger partial charge in [-0.1, -0.05) is 47.5 Å². The molecule has 6 nitrogen and oxygen atoms in total. The molecule has 4 aromatic rings. The zero-order valence-corrected chi connectivity index (χ0v) is 16.5. The van der Waals surface area contributed by atoms with Crippen LogP contribution >= 0.6 is 11.6 Å². The number of urea groups is 1. The van der Waals surface area contributed by atoms with Gasteiger partial charge in [-0.15, -0.1) is 0 Å². The lowest BCUT2D eigenvalue weighted by molar-refractivity contribution is 0.262. The lowest BCUT2D eigenvalue weighted by atomic mass is 10.2. The molecule has 0 saturated heterocycles. The summed E-state index contributed by atoms with van der Waals surface area (Å²) in [4.78, 5) is 12.3. The Balaban J connectivity index is 1.47. The van der Waals surface area contributed by atoms with Crippen LogP contribution in [-0.4, -0.2) is 16.2 Å². The number of rotatable bonds is 5. The first-order valence-corrected chi connectivity index (χ1v) is 9.45. The maximum atomic E-state index is 12.3. The van der Waals surface area contributed by atoms with Gasteiger partial charge >= 0.3 is 6.03 Å². The van der Waals surface area contributed by atoms with Crippen molar-refractivity contribution in [3.63, 3.8) is 0 Å². The van der Waals surface area contributed by atoms with Crippen molar-refractivity contribution < 1.29 is 9.53 Å². The third-order valence-corrected chi connectivity index (χ3v) is 4.80. The summed E-state index contributed by atoms with van der Waals surface area (Å²) in [5.74, 6) is 1.08. The van der Waals surface area contributed by atoms with Crippen molar-refractivity contribution >= 4 is 40.0 Å². The highest BCUT2D eigenvalue weighted by molar-refractivity contribution is 6.31. The SMILES string of the molecule is Cc1ccc(NC(=O)Nc2n[nH]c3ccc(OCc4ccccc4Cl)cc23)cc1. The van der Waals surface area contributed by atoms with Gasteiger partial charge in [-0.25, -0.2) is 4.79 Å². The van der Waals surface area contributed by atoms with Gasteiger partial charge in [0.25, 0.3) is 0 Å². The topological polar surface area (TPSA) is 79.0 Å². The summed E-state index contributed by atoms with van der Waals surface area (Å²) in [6, 6.07) is 20.2. The summed E-state index contributed by atoms with van der Waals surface area (Å²) < 4.78 is 5.86. The Labute approximate surface area is 172 Å². The molecule has 0 unspecified atom stereocenters. The molecule has 4 rings (SSSR count). The maximum absolute atomic E-state index is 12.3. The molecule has 0 saturated carbocycles. The lowest BCUT2D eigenvalue weighted by Crippen LogP contribution is -2.19. The van der Waals surface area contributed by atoms with E-state index in [1.165, 1.54) is 0 Å². The summed E-state index contributed by atoms with van der Waals surface area (Å²) >= 11 is 6.18. The number of hydrogen-bond acceptors (Lipinski definition) is 3. The summed E-state index contributed by atoms with van der Waals surface area (Å²) in [5, 5.41) is 14.1. The second kappa shape index (κ2) is 8.24. The van der Waals surface area contributed by atoms with E-state index in [9.17, 15) is 4.79 Å². The minimum atomic E-state index is -0.371. The lowest BCUT2D eigenvalue weighted by Gasteiger charge is -2.09. The molecule has 29 heavy (non-hydrogen) atoms. The standard InChI is InChI=1S/C22H19ClN4O2/c1-14-6-8-16(9-7-14)24-22(28)25-21-18-12-17(10-11-20(18)26-27-21)29-13-15-4-2-3-5-19(15)23/h2-12H,13H2,1H3,(H3,24,25,26,27,28). The second-order valence-corrected chi connectivity index (χ2v) is 7.01. The van der Waals surface area contributed by atoms with Crippen LogP contribution in [0, 0.1) is 6.92 Å². The van der Waals surface area contributed by atoms with Gasteiger partial charge in [-0.2, -0.15) is 5.10 Å². The van der Waals surface area contributed by atoms with E-state index in [0.717, 1.165) is 22.0 Å². The predicted octanol–water partition coefficient (Wildman–Crippen LogP) is 5.75. The number of anilines is 2. The molecule has 1 heterocycles. The number of H-pyrrole nitrogens is 1. The van der Waals surface area contributed by atoms with Gasteiger partial charge in [-0.3, -0.25) is 10.4 Å². The Kier molecular flexibility index (Phi) is 5.35. The minimum absolute atomic E-state index is 0.347. The number of hydrogen-bond donors (Lipinski definition) is 3. The second-order valence-electron chi connectivity index (χ2n) is 6.60. The number of ether oxygens (including phenoxy) is 1. The van der Waals surface area contributed by atoms with Crippen LogP contribution in [0.2, 0.25) is 5.02 Å². The van der Waals surface area contributed by atoms with Crippen molar-refractivity contribution in [3.8, 4) is 5.75 Å². The normalized spacial score (nSPS) is 10.7. The van der Waals surface area contributed by atoms with Crippen LogP contribution in [0.1, 0.15) is 11.1 Å². The van der Waals surface area contributed by atoms with Crippen LogP contribution in [-0.2, 0) is 6.61 Å². The van der Waals surface area contributed by atoms with Gasteiger partial charge in [0, 0.05) is 21.7 Å². The van der Waals surface area contributed by atoms with Gasteiger partial charge in [0.2, 0.25) is 0 Å². The van der Waals surface area contributed by atoms with Crippen molar-refractivity contribution in [2.75, 3.05) is 10.6 Å².